The lowest BCUT2D eigenvalue weighted by atomic mass is 10.1. The number of amides is 1. The smallest absolute Gasteiger partial charge is 0.257 e. The van der Waals surface area contributed by atoms with Crippen molar-refractivity contribution < 1.29 is 4.79 Å². The van der Waals surface area contributed by atoms with Gasteiger partial charge in [-0.1, -0.05) is 30.4 Å². The van der Waals surface area contributed by atoms with Crippen LogP contribution in [0.2, 0.25) is 0 Å². The van der Waals surface area contributed by atoms with Crippen LogP contribution in [0.1, 0.15) is 22.3 Å². The molecule has 1 aromatic carbocycles. The van der Waals surface area contributed by atoms with E-state index in [1.54, 1.807) is 29.9 Å². The number of carbonyl (C=O) groups is 1. The van der Waals surface area contributed by atoms with E-state index in [2.05, 4.69) is 31.0 Å². The van der Waals surface area contributed by atoms with Crippen LogP contribution in [0.4, 0.5) is 5.13 Å². The first kappa shape index (κ1) is 14.3. The minimum Gasteiger partial charge on any atom is -0.296 e. The van der Waals surface area contributed by atoms with Gasteiger partial charge in [0.05, 0.1) is 0 Å². The average molecular weight is 315 g/mol. The van der Waals surface area contributed by atoms with Gasteiger partial charge in [-0.15, -0.1) is 15.3 Å². The summed E-state index contributed by atoms with van der Waals surface area (Å²) in [6.07, 6.45) is 0.794. The van der Waals surface area contributed by atoms with Crippen molar-refractivity contribution in [1.82, 2.24) is 30.4 Å². The van der Waals surface area contributed by atoms with Crippen molar-refractivity contribution in [3.8, 4) is 11.4 Å². The molecule has 0 aliphatic heterocycles. The average Bonchev–Trinajstić information content (AvgIpc) is 3.16. The van der Waals surface area contributed by atoms with E-state index in [-0.39, 0.29) is 5.91 Å². The fraction of sp³-hybridized carbons (Fsp3) is 0.231. The summed E-state index contributed by atoms with van der Waals surface area (Å²) in [5, 5.41) is 23.4. The van der Waals surface area contributed by atoms with Crippen molar-refractivity contribution in [2.75, 3.05) is 5.32 Å². The first-order valence-corrected chi connectivity index (χ1v) is 7.45. The highest BCUT2D eigenvalue weighted by Crippen LogP contribution is 2.19. The number of aryl methyl sites for hydroxylation is 2. The lowest BCUT2D eigenvalue weighted by Gasteiger charge is -2.04. The van der Waals surface area contributed by atoms with Gasteiger partial charge < -0.3 is 0 Å². The third-order valence-corrected chi connectivity index (χ3v) is 3.98. The van der Waals surface area contributed by atoms with Crippen LogP contribution in [0, 0.1) is 0 Å². The highest BCUT2D eigenvalue weighted by atomic mass is 32.1. The van der Waals surface area contributed by atoms with E-state index in [1.165, 1.54) is 11.3 Å². The number of nitrogens with zero attached hydrogens (tertiary/aromatic N) is 6. The summed E-state index contributed by atoms with van der Waals surface area (Å²) in [7, 11) is 1.75. The Morgan fingerprint density at radius 2 is 2.18 bits per heavy atom. The third-order valence-electron chi connectivity index (χ3n) is 2.99. The fourth-order valence-electron chi connectivity index (χ4n) is 1.89. The standard InChI is InChI=1S/C13H13N7OS/c1-3-10-15-17-13(22-10)14-12(21)9-6-4-5-8(7-9)11-16-18-19-20(11)2/h4-7H,3H2,1-2H3,(H,14,17,21). The molecule has 0 saturated heterocycles. The fourth-order valence-corrected chi connectivity index (χ4v) is 2.56. The van der Waals surface area contributed by atoms with Gasteiger partial charge in [-0.05, 0) is 29.0 Å². The van der Waals surface area contributed by atoms with Gasteiger partial charge in [0.1, 0.15) is 5.01 Å². The molecule has 0 unspecified atom stereocenters. The van der Waals surface area contributed by atoms with Gasteiger partial charge in [0.25, 0.3) is 5.91 Å². The summed E-state index contributed by atoms with van der Waals surface area (Å²) < 4.78 is 1.55. The Kier molecular flexibility index (Phi) is 3.88. The van der Waals surface area contributed by atoms with Crippen LogP contribution in [0.25, 0.3) is 11.4 Å². The molecule has 3 rings (SSSR count). The monoisotopic (exact) mass is 315 g/mol. The normalized spacial score (nSPS) is 10.6. The summed E-state index contributed by atoms with van der Waals surface area (Å²) in [6, 6.07) is 7.10. The van der Waals surface area contributed by atoms with Crippen LogP contribution in [-0.2, 0) is 13.5 Å². The maximum Gasteiger partial charge on any atom is 0.257 e. The van der Waals surface area contributed by atoms with Gasteiger partial charge in [-0.2, -0.15) is 0 Å². The summed E-state index contributed by atoms with van der Waals surface area (Å²) in [5.41, 5.74) is 1.28. The van der Waals surface area contributed by atoms with Crippen LogP contribution in [-0.4, -0.2) is 36.3 Å². The lowest BCUT2D eigenvalue weighted by molar-refractivity contribution is 0.102. The van der Waals surface area contributed by atoms with Gasteiger partial charge in [0.2, 0.25) is 5.13 Å². The number of tetrazole rings is 1. The maximum absolute atomic E-state index is 12.3. The van der Waals surface area contributed by atoms with E-state index in [9.17, 15) is 4.79 Å². The predicted molar refractivity (Wildman–Crippen MR) is 81.5 cm³/mol. The van der Waals surface area contributed by atoms with Crippen molar-refractivity contribution in [3.63, 3.8) is 0 Å². The summed E-state index contributed by atoms with van der Waals surface area (Å²) in [6.45, 7) is 1.99. The molecular formula is C13H13N7OS. The molecular weight excluding hydrogens is 302 g/mol. The maximum atomic E-state index is 12.3. The number of rotatable bonds is 4. The Hall–Kier alpha value is -2.68. The second-order valence-corrected chi connectivity index (χ2v) is 5.58. The van der Waals surface area contributed by atoms with Crippen molar-refractivity contribution in [2.45, 2.75) is 13.3 Å². The summed E-state index contributed by atoms with van der Waals surface area (Å²) in [4.78, 5) is 12.3. The zero-order valence-corrected chi connectivity index (χ0v) is 12.8. The molecule has 112 valence electrons. The predicted octanol–water partition coefficient (Wildman–Crippen LogP) is 1.54. The van der Waals surface area contributed by atoms with E-state index >= 15 is 0 Å². The Bertz CT molecular complexity index is 810. The number of benzene rings is 1. The quantitative estimate of drug-likeness (QED) is 0.784. The second kappa shape index (κ2) is 5.98. The van der Waals surface area contributed by atoms with Gasteiger partial charge in [0.15, 0.2) is 5.82 Å². The molecule has 2 heterocycles. The van der Waals surface area contributed by atoms with Gasteiger partial charge in [-0.3, -0.25) is 10.1 Å². The Balaban J connectivity index is 1.82. The van der Waals surface area contributed by atoms with Gasteiger partial charge in [0, 0.05) is 18.2 Å². The minimum atomic E-state index is -0.240. The SMILES string of the molecule is CCc1nnc(NC(=O)c2cccc(-c3nnnn3C)c2)s1. The van der Waals surface area contributed by atoms with E-state index in [1.807, 2.05) is 13.0 Å². The molecule has 1 N–H and O–H groups in total. The molecule has 0 aliphatic carbocycles. The van der Waals surface area contributed by atoms with Crippen molar-refractivity contribution in [2.24, 2.45) is 7.05 Å². The van der Waals surface area contributed by atoms with Crippen LogP contribution in [0.15, 0.2) is 24.3 Å². The van der Waals surface area contributed by atoms with E-state index in [4.69, 9.17) is 0 Å². The van der Waals surface area contributed by atoms with Crippen molar-refractivity contribution >= 4 is 22.4 Å². The number of hydrogen-bond acceptors (Lipinski definition) is 7. The Labute approximate surface area is 130 Å². The molecule has 0 bridgehead atoms. The number of aromatic nitrogens is 6. The Morgan fingerprint density at radius 3 is 2.86 bits per heavy atom. The molecule has 0 fully saturated rings. The Morgan fingerprint density at radius 1 is 1.32 bits per heavy atom. The topological polar surface area (TPSA) is 98.5 Å². The van der Waals surface area contributed by atoms with Gasteiger partial charge >= 0.3 is 0 Å². The first-order valence-electron chi connectivity index (χ1n) is 6.64. The van der Waals surface area contributed by atoms with E-state index < -0.39 is 0 Å². The minimum absolute atomic E-state index is 0.240. The summed E-state index contributed by atoms with van der Waals surface area (Å²) in [5.74, 6) is 0.356. The van der Waals surface area contributed by atoms with Crippen LogP contribution >= 0.6 is 11.3 Å². The number of hydrogen-bond donors (Lipinski definition) is 1. The highest BCUT2D eigenvalue weighted by Gasteiger charge is 2.12. The van der Waals surface area contributed by atoms with Crippen LogP contribution < -0.4 is 5.32 Å². The lowest BCUT2D eigenvalue weighted by Crippen LogP contribution is -2.11. The zero-order valence-electron chi connectivity index (χ0n) is 12.0. The molecule has 22 heavy (non-hydrogen) atoms. The van der Waals surface area contributed by atoms with E-state index in [0.29, 0.717) is 16.5 Å². The first-order chi connectivity index (χ1) is 10.7. The number of nitrogens with one attached hydrogen (secondary N) is 1. The zero-order chi connectivity index (χ0) is 15.5. The number of carbonyl (C=O) groups excluding carboxylic acids is 1. The highest BCUT2D eigenvalue weighted by molar-refractivity contribution is 7.15. The molecule has 0 aliphatic rings. The molecule has 0 saturated carbocycles. The molecule has 3 aromatic rings. The molecule has 8 nitrogen and oxygen atoms in total. The molecule has 0 atom stereocenters. The molecule has 0 radical (unpaired) electrons. The summed E-state index contributed by atoms with van der Waals surface area (Å²) >= 11 is 1.37. The van der Waals surface area contributed by atoms with Crippen LogP contribution in [0.5, 0.6) is 0 Å². The van der Waals surface area contributed by atoms with Gasteiger partial charge in [-0.25, -0.2) is 4.68 Å². The number of anilines is 1. The molecule has 1 amide bonds. The molecule has 0 spiro atoms. The largest absolute Gasteiger partial charge is 0.296 e. The van der Waals surface area contributed by atoms with Crippen molar-refractivity contribution in [1.29, 1.82) is 0 Å². The van der Waals surface area contributed by atoms with E-state index in [0.717, 1.165) is 17.0 Å². The van der Waals surface area contributed by atoms with Crippen LogP contribution in [0.3, 0.4) is 0 Å². The molecule has 2 aromatic heterocycles. The third kappa shape index (κ3) is 2.84. The molecule has 9 heteroatoms. The second-order valence-electron chi connectivity index (χ2n) is 4.52. The van der Waals surface area contributed by atoms with Crippen molar-refractivity contribution in [3.05, 3.63) is 34.8 Å².